The van der Waals surface area contributed by atoms with Gasteiger partial charge in [-0.2, -0.15) is 5.26 Å². The summed E-state index contributed by atoms with van der Waals surface area (Å²) in [5, 5.41) is 11.8. The fraction of sp³-hybridized carbons (Fsp3) is 0.143. The lowest BCUT2D eigenvalue weighted by Crippen LogP contribution is -2.43. The van der Waals surface area contributed by atoms with Crippen LogP contribution in [0.2, 0.25) is 0 Å². The molecule has 1 N–H and O–H groups in total. The maximum atomic E-state index is 12.5. The predicted molar refractivity (Wildman–Crippen MR) is 107 cm³/mol. The van der Waals surface area contributed by atoms with Gasteiger partial charge < -0.3 is 10.1 Å². The van der Waals surface area contributed by atoms with Gasteiger partial charge >= 0.3 is 5.69 Å². The van der Waals surface area contributed by atoms with E-state index in [2.05, 4.69) is 5.32 Å². The van der Waals surface area contributed by atoms with E-state index in [0.717, 1.165) is 4.57 Å². The molecule has 8 heteroatoms. The molecule has 3 aromatic rings. The Labute approximate surface area is 166 Å². The van der Waals surface area contributed by atoms with Crippen LogP contribution in [-0.2, 0) is 17.9 Å². The third kappa shape index (κ3) is 4.42. The summed E-state index contributed by atoms with van der Waals surface area (Å²) >= 11 is 0. The summed E-state index contributed by atoms with van der Waals surface area (Å²) in [5.74, 6) is 0.417. The Morgan fingerprint density at radius 2 is 1.79 bits per heavy atom. The van der Waals surface area contributed by atoms with Gasteiger partial charge in [-0.15, -0.1) is 0 Å². The van der Waals surface area contributed by atoms with Gasteiger partial charge in [-0.1, -0.05) is 30.3 Å². The molecular weight excluding hydrogens is 372 g/mol. The van der Waals surface area contributed by atoms with Crippen LogP contribution in [0.4, 0.5) is 5.69 Å². The van der Waals surface area contributed by atoms with Crippen molar-refractivity contribution in [1.29, 1.82) is 5.26 Å². The molecule has 3 rings (SSSR count). The van der Waals surface area contributed by atoms with Crippen LogP contribution >= 0.6 is 0 Å². The molecule has 1 amide bonds. The number of carbonyl (C=O) groups excluding carboxylic acids is 1. The Kier molecular flexibility index (Phi) is 5.90. The summed E-state index contributed by atoms with van der Waals surface area (Å²) in [6.07, 6.45) is 1.20. The van der Waals surface area contributed by atoms with Crippen molar-refractivity contribution in [3.05, 3.63) is 87.2 Å². The third-order valence-electron chi connectivity index (χ3n) is 4.13. The summed E-state index contributed by atoms with van der Waals surface area (Å²) in [5.41, 5.74) is -1.26. The van der Waals surface area contributed by atoms with Crippen molar-refractivity contribution in [3.8, 4) is 17.6 Å². The molecule has 0 radical (unpaired) electrons. The maximum absolute atomic E-state index is 12.5. The Bertz CT molecular complexity index is 1190. The molecule has 0 unspecified atom stereocenters. The first-order valence-electron chi connectivity index (χ1n) is 8.89. The van der Waals surface area contributed by atoms with E-state index in [0.29, 0.717) is 17.2 Å². The molecule has 1 heterocycles. The third-order valence-corrected chi connectivity index (χ3v) is 4.13. The monoisotopic (exact) mass is 390 g/mol. The standard InChI is InChI=1S/C21H18N4O4/c1-2-24-13-15(12-22)20(27)25(21(24)28)14-19(26)23-17-10-6-7-11-18(17)29-16-8-4-3-5-9-16/h3-11,13H,2,14H2,1H3,(H,23,26). The zero-order valence-electron chi connectivity index (χ0n) is 15.7. The zero-order chi connectivity index (χ0) is 20.8. The summed E-state index contributed by atoms with van der Waals surface area (Å²) in [7, 11) is 0. The van der Waals surface area contributed by atoms with Gasteiger partial charge in [0.2, 0.25) is 5.91 Å². The van der Waals surface area contributed by atoms with Crippen molar-refractivity contribution in [3.63, 3.8) is 0 Å². The van der Waals surface area contributed by atoms with Crippen LogP contribution in [0.25, 0.3) is 0 Å². The van der Waals surface area contributed by atoms with Gasteiger partial charge in [-0.3, -0.25) is 14.2 Å². The second-order valence-corrected chi connectivity index (χ2v) is 6.07. The molecule has 0 spiro atoms. The van der Waals surface area contributed by atoms with Crippen LogP contribution in [0.3, 0.4) is 0 Å². The smallest absolute Gasteiger partial charge is 0.331 e. The van der Waals surface area contributed by atoms with Crippen LogP contribution in [0.15, 0.2) is 70.4 Å². The number of ether oxygens (including phenoxy) is 1. The van der Waals surface area contributed by atoms with Gasteiger partial charge in [0.1, 0.15) is 23.9 Å². The second kappa shape index (κ2) is 8.71. The van der Waals surface area contributed by atoms with Gasteiger partial charge in [0.25, 0.3) is 5.56 Å². The number of benzene rings is 2. The first-order valence-corrected chi connectivity index (χ1v) is 8.89. The molecule has 0 bridgehead atoms. The van der Waals surface area contributed by atoms with Gasteiger partial charge in [0.05, 0.1) is 5.69 Å². The van der Waals surface area contributed by atoms with Crippen molar-refractivity contribution in [2.75, 3.05) is 5.32 Å². The quantitative estimate of drug-likeness (QED) is 0.695. The first-order chi connectivity index (χ1) is 14.0. The average molecular weight is 390 g/mol. The van der Waals surface area contributed by atoms with Crippen LogP contribution < -0.4 is 21.3 Å². The summed E-state index contributed by atoms with van der Waals surface area (Å²) < 4.78 is 7.75. The topological polar surface area (TPSA) is 106 Å². The number of para-hydroxylation sites is 3. The van der Waals surface area contributed by atoms with E-state index in [-0.39, 0.29) is 12.1 Å². The van der Waals surface area contributed by atoms with Crippen molar-refractivity contribution >= 4 is 11.6 Å². The van der Waals surface area contributed by atoms with Crippen molar-refractivity contribution in [2.45, 2.75) is 20.0 Å². The molecule has 1 aromatic heterocycles. The SMILES string of the molecule is CCn1cc(C#N)c(=O)n(CC(=O)Nc2ccccc2Oc2ccccc2)c1=O. The van der Waals surface area contributed by atoms with Gasteiger partial charge in [0.15, 0.2) is 5.75 Å². The fourth-order valence-corrected chi connectivity index (χ4v) is 2.70. The molecule has 0 atom stereocenters. The Morgan fingerprint density at radius 3 is 2.48 bits per heavy atom. The number of amides is 1. The Morgan fingerprint density at radius 1 is 1.10 bits per heavy atom. The number of anilines is 1. The number of nitrogens with one attached hydrogen (secondary N) is 1. The van der Waals surface area contributed by atoms with E-state index in [9.17, 15) is 14.4 Å². The average Bonchev–Trinajstić information content (AvgIpc) is 2.73. The number of aromatic nitrogens is 2. The highest BCUT2D eigenvalue weighted by molar-refractivity contribution is 5.92. The minimum Gasteiger partial charge on any atom is -0.455 e. The highest BCUT2D eigenvalue weighted by Gasteiger charge is 2.15. The number of hydrogen-bond donors (Lipinski definition) is 1. The molecule has 0 saturated heterocycles. The molecule has 146 valence electrons. The van der Waals surface area contributed by atoms with Crippen molar-refractivity contribution in [2.24, 2.45) is 0 Å². The van der Waals surface area contributed by atoms with Crippen LogP contribution in [0.5, 0.6) is 11.5 Å². The molecule has 0 fully saturated rings. The normalized spacial score (nSPS) is 10.2. The van der Waals surface area contributed by atoms with E-state index < -0.39 is 23.7 Å². The van der Waals surface area contributed by atoms with E-state index in [4.69, 9.17) is 10.00 Å². The lowest BCUT2D eigenvalue weighted by molar-refractivity contribution is -0.116. The highest BCUT2D eigenvalue weighted by Crippen LogP contribution is 2.28. The summed E-state index contributed by atoms with van der Waals surface area (Å²) in [6.45, 7) is 1.45. The molecule has 0 aliphatic carbocycles. The largest absolute Gasteiger partial charge is 0.455 e. The Balaban J connectivity index is 1.85. The summed E-state index contributed by atoms with van der Waals surface area (Å²) in [4.78, 5) is 37.2. The maximum Gasteiger partial charge on any atom is 0.331 e. The lowest BCUT2D eigenvalue weighted by atomic mass is 10.2. The minimum atomic E-state index is -0.800. The van der Waals surface area contributed by atoms with Gasteiger partial charge in [0, 0.05) is 12.7 Å². The Hall–Kier alpha value is -4.12. The van der Waals surface area contributed by atoms with Crippen LogP contribution in [0.1, 0.15) is 12.5 Å². The number of aryl methyl sites for hydroxylation is 1. The number of rotatable bonds is 6. The van der Waals surface area contributed by atoms with E-state index >= 15 is 0 Å². The molecular formula is C21H18N4O4. The van der Waals surface area contributed by atoms with Gasteiger partial charge in [-0.05, 0) is 31.2 Å². The minimum absolute atomic E-state index is 0.202. The second-order valence-electron chi connectivity index (χ2n) is 6.07. The van der Waals surface area contributed by atoms with Crippen molar-refractivity contribution in [1.82, 2.24) is 9.13 Å². The van der Waals surface area contributed by atoms with Crippen molar-refractivity contribution < 1.29 is 9.53 Å². The number of hydrogen-bond acceptors (Lipinski definition) is 5. The predicted octanol–water partition coefficient (Wildman–Crippen LogP) is 2.33. The first kappa shape index (κ1) is 19.6. The molecule has 0 saturated carbocycles. The molecule has 2 aromatic carbocycles. The highest BCUT2D eigenvalue weighted by atomic mass is 16.5. The van der Waals surface area contributed by atoms with Crippen LogP contribution in [0, 0.1) is 11.3 Å². The number of nitrogens with zero attached hydrogens (tertiary/aromatic N) is 3. The molecule has 8 nitrogen and oxygen atoms in total. The number of carbonyl (C=O) groups is 1. The van der Waals surface area contributed by atoms with Gasteiger partial charge in [-0.25, -0.2) is 9.36 Å². The lowest BCUT2D eigenvalue weighted by Gasteiger charge is -2.13. The van der Waals surface area contributed by atoms with E-state index in [1.807, 2.05) is 18.2 Å². The van der Waals surface area contributed by atoms with E-state index in [1.54, 1.807) is 49.4 Å². The summed E-state index contributed by atoms with van der Waals surface area (Å²) in [6, 6.07) is 17.6. The molecule has 0 aliphatic heterocycles. The van der Waals surface area contributed by atoms with Crippen LogP contribution in [-0.4, -0.2) is 15.0 Å². The molecule has 0 aliphatic rings. The zero-order valence-corrected chi connectivity index (χ0v) is 15.7. The fourth-order valence-electron chi connectivity index (χ4n) is 2.70. The van der Waals surface area contributed by atoms with E-state index in [1.165, 1.54) is 10.8 Å². The number of nitriles is 1. The molecule has 29 heavy (non-hydrogen) atoms.